The number of benzene rings is 3. The van der Waals surface area contributed by atoms with Gasteiger partial charge in [-0.05, 0) is 84.6 Å². The van der Waals surface area contributed by atoms with E-state index in [1.807, 2.05) is 33.8 Å². The van der Waals surface area contributed by atoms with E-state index >= 15 is 0 Å². The quantitative estimate of drug-likeness (QED) is 0.121. The predicted octanol–water partition coefficient (Wildman–Crippen LogP) is 8.38. The SMILES string of the molecule is CC(C)CCCN(Cc1cccc(Cl)c1Cl)N(C(=O)Cc1cncn1Cc1ccc(C#N)cc1)C(=S)Nc1ccc(Cl)cc1. The third-order valence-electron chi connectivity index (χ3n) is 6.96. The standard InChI is InChI=1S/C33H33Cl3N6OS/c1-23(2)5-4-16-41(21-26-6-3-7-30(35)32(26)36)42(33(44)39-28-14-12-27(34)13-15-28)31(43)17-29-19-38-22-40(29)20-25-10-8-24(18-37)9-11-25/h3,6-15,19,22-23H,4-5,16-17,20-21H2,1-2H3,(H,39,44). The Kier molecular flexibility index (Phi) is 12.2. The van der Waals surface area contributed by atoms with Crippen molar-refractivity contribution >= 4 is 63.7 Å². The lowest BCUT2D eigenvalue weighted by Crippen LogP contribution is -2.52. The fraction of sp³-hybridized carbons (Fsp3) is 0.273. The first kappa shape index (κ1) is 33.4. The zero-order valence-corrected chi connectivity index (χ0v) is 27.6. The number of carbonyl (C=O) groups excluding carboxylic acids is 1. The summed E-state index contributed by atoms with van der Waals surface area (Å²) in [5.74, 6) is 0.257. The van der Waals surface area contributed by atoms with Gasteiger partial charge in [-0.15, -0.1) is 0 Å². The number of aromatic nitrogens is 2. The van der Waals surface area contributed by atoms with Gasteiger partial charge < -0.3 is 9.88 Å². The molecule has 0 aliphatic rings. The lowest BCUT2D eigenvalue weighted by molar-refractivity contribution is -0.139. The highest BCUT2D eigenvalue weighted by Crippen LogP contribution is 2.28. The Balaban J connectivity index is 1.65. The molecule has 0 saturated carbocycles. The van der Waals surface area contributed by atoms with Gasteiger partial charge in [-0.1, -0.05) is 72.9 Å². The van der Waals surface area contributed by atoms with Crippen molar-refractivity contribution < 1.29 is 4.79 Å². The van der Waals surface area contributed by atoms with Crippen molar-refractivity contribution in [3.63, 3.8) is 0 Å². The summed E-state index contributed by atoms with van der Waals surface area (Å²) in [5, 5.41) is 17.5. The number of nitrogens with zero attached hydrogens (tertiary/aromatic N) is 5. The van der Waals surface area contributed by atoms with Crippen LogP contribution in [0.4, 0.5) is 5.69 Å². The van der Waals surface area contributed by atoms with Crippen LogP contribution in [0.15, 0.2) is 79.3 Å². The van der Waals surface area contributed by atoms with Gasteiger partial charge in [-0.2, -0.15) is 5.26 Å². The van der Waals surface area contributed by atoms with Crippen LogP contribution in [0.2, 0.25) is 15.1 Å². The maximum atomic E-state index is 14.3. The van der Waals surface area contributed by atoms with E-state index in [0.29, 0.717) is 51.9 Å². The zero-order valence-electron chi connectivity index (χ0n) is 24.5. The van der Waals surface area contributed by atoms with E-state index in [1.54, 1.807) is 55.0 Å². The number of hydrogen-bond donors (Lipinski definition) is 1. The number of nitrogens with one attached hydrogen (secondary N) is 1. The lowest BCUT2D eigenvalue weighted by atomic mass is 10.1. The summed E-state index contributed by atoms with van der Waals surface area (Å²) in [6, 6.07) is 22.1. The van der Waals surface area contributed by atoms with Crippen LogP contribution in [0.5, 0.6) is 0 Å². The molecule has 3 aromatic carbocycles. The second kappa shape index (κ2) is 16.0. The van der Waals surface area contributed by atoms with E-state index in [4.69, 9.17) is 52.3 Å². The normalized spacial score (nSPS) is 11.0. The van der Waals surface area contributed by atoms with Crippen LogP contribution >= 0.6 is 47.0 Å². The van der Waals surface area contributed by atoms with Crippen LogP contribution in [0, 0.1) is 17.2 Å². The van der Waals surface area contributed by atoms with E-state index in [-0.39, 0.29) is 17.4 Å². The first-order chi connectivity index (χ1) is 21.1. The van der Waals surface area contributed by atoms with Gasteiger partial charge in [0.1, 0.15) is 0 Å². The smallest absolute Gasteiger partial charge is 0.249 e. The van der Waals surface area contributed by atoms with Crippen LogP contribution < -0.4 is 5.32 Å². The second-order valence-corrected chi connectivity index (χ2v) is 12.4. The van der Waals surface area contributed by atoms with E-state index in [9.17, 15) is 4.79 Å². The summed E-state index contributed by atoms with van der Waals surface area (Å²) < 4.78 is 1.92. The molecule has 1 heterocycles. The van der Waals surface area contributed by atoms with Crippen LogP contribution in [0.1, 0.15) is 49.1 Å². The summed E-state index contributed by atoms with van der Waals surface area (Å²) in [6.45, 7) is 5.71. The molecule has 0 fully saturated rings. The first-order valence-corrected chi connectivity index (χ1v) is 15.7. The maximum Gasteiger partial charge on any atom is 0.249 e. The number of rotatable bonds is 12. The fourth-order valence-electron chi connectivity index (χ4n) is 4.66. The Bertz CT molecular complexity index is 1620. The number of halogens is 3. The highest BCUT2D eigenvalue weighted by Gasteiger charge is 2.28. The molecule has 0 radical (unpaired) electrons. The molecule has 0 aliphatic heterocycles. The van der Waals surface area contributed by atoms with Gasteiger partial charge in [-0.3, -0.25) is 4.79 Å². The van der Waals surface area contributed by atoms with E-state index in [0.717, 1.165) is 29.7 Å². The first-order valence-electron chi connectivity index (χ1n) is 14.2. The Hall–Kier alpha value is -3.45. The number of nitriles is 1. The van der Waals surface area contributed by atoms with Gasteiger partial charge in [0.15, 0.2) is 5.11 Å². The molecule has 0 aliphatic carbocycles. The maximum absolute atomic E-state index is 14.3. The molecule has 4 rings (SSSR count). The summed E-state index contributed by atoms with van der Waals surface area (Å²) >= 11 is 25.0. The number of carbonyl (C=O) groups is 1. The van der Waals surface area contributed by atoms with Gasteiger partial charge in [0, 0.05) is 42.2 Å². The van der Waals surface area contributed by atoms with E-state index in [1.165, 1.54) is 5.01 Å². The van der Waals surface area contributed by atoms with Gasteiger partial charge >= 0.3 is 0 Å². The molecule has 0 atom stereocenters. The van der Waals surface area contributed by atoms with Gasteiger partial charge in [0.05, 0.1) is 34.4 Å². The summed E-state index contributed by atoms with van der Waals surface area (Å²) in [7, 11) is 0. The largest absolute Gasteiger partial charge is 0.331 e. The Morgan fingerprint density at radius 1 is 1.07 bits per heavy atom. The molecule has 0 unspecified atom stereocenters. The van der Waals surface area contributed by atoms with Crippen LogP contribution in [0.3, 0.4) is 0 Å². The molecule has 11 heteroatoms. The minimum atomic E-state index is -0.235. The molecule has 4 aromatic rings. The van der Waals surface area contributed by atoms with Crippen molar-refractivity contribution in [1.82, 2.24) is 19.6 Å². The molecule has 0 spiro atoms. The van der Waals surface area contributed by atoms with Crippen molar-refractivity contribution in [1.29, 1.82) is 5.26 Å². The fourth-order valence-corrected chi connectivity index (χ4v) is 5.50. The number of hydrazine groups is 1. The Morgan fingerprint density at radius 3 is 2.48 bits per heavy atom. The molecule has 1 N–H and O–H groups in total. The van der Waals surface area contributed by atoms with E-state index < -0.39 is 0 Å². The van der Waals surface area contributed by atoms with Gasteiger partial charge in [-0.25, -0.2) is 15.0 Å². The lowest BCUT2D eigenvalue weighted by Gasteiger charge is -2.36. The van der Waals surface area contributed by atoms with Crippen molar-refractivity contribution in [3.05, 3.63) is 117 Å². The Labute approximate surface area is 278 Å². The molecule has 228 valence electrons. The number of anilines is 1. The topological polar surface area (TPSA) is 77.2 Å². The Morgan fingerprint density at radius 2 is 1.80 bits per heavy atom. The number of amides is 1. The second-order valence-electron chi connectivity index (χ2n) is 10.8. The number of thiocarbonyl (C=S) groups is 1. The monoisotopic (exact) mass is 666 g/mol. The number of imidazole rings is 1. The molecule has 0 saturated heterocycles. The molecule has 1 aromatic heterocycles. The average Bonchev–Trinajstić information content (AvgIpc) is 3.42. The van der Waals surface area contributed by atoms with Crippen LogP contribution in [-0.2, 0) is 24.3 Å². The van der Waals surface area contributed by atoms with Crippen LogP contribution in [0.25, 0.3) is 0 Å². The molecule has 1 amide bonds. The van der Waals surface area contributed by atoms with Gasteiger partial charge in [0.25, 0.3) is 0 Å². The van der Waals surface area contributed by atoms with Crippen molar-refractivity contribution in [2.24, 2.45) is 5.92 Å². The minimum Gasteiger partial charge on any atom is -0.331 e. The predicted molar refractivity (Wildman–Crippen MR) is 182 cm³/mol. The molecule has 0 bridgehead atoms. The molecule has 7 nitrogen and oxygen atoms in total. The summed E-state index contributed by atoms with van der Waals surface area (Å²) in [6.07, 6.45) is 5.23. The van der Waals surface area contributed by atoms with Crippen LogP contribution in [-0.4, -0.2) is 37.1 Å². The van der Waals surface area contributed by atoms with Gasteiger partial charge in [0.2, 0.25) is 5.91 Å². The average molecular weight is 668 g/mol. The highest BCUT2D eigenvalue weighted by molar-refractivity contribution is 7.80. The minimum absolute atomic E-state index is 0.0443. The summed E-state index contributed by atoms with van der Waals surface area (Å²) in [5.41, 5.74) is 3.78. The molecular weight excluding hydrogens is 635 g/mol. The van der Waals surface area contributed by atoms with E-state index in [2.05, 4.69) is 30.2 Å². The molecule has 44 heavy (non-hydrogen) atoms. The van der Waals surface area contributed by atoms with Crippen molar-refractivity contribution in [2.45, 2.75) is 46.2 Å². The van der Waals surface area contributed by atoms with Crippen molar-refractivity contribution in [2.75, 3.05) is 11.9 Å². The highest BCUT2D eigenvalue weighted by atomic mass is 35.5. The summed E-state index contributed by atoms with van der Waals surface area (Å²) in [4.78, 5) is 18.6. The zero-order chi connectivity index (χ0) is 31.6. The van der Waals surface area contributed by atoms with Crippen molar-refractivity contribution in [3.8, 4) is 6.07 Å². The molecular formula is C33H33Cl3N6OS. The third kappa shape index (κ3) is 9.28. The number of hydrogen-bond acceptors (Lipinski definition) is 5. The third-order valence-corrected chi connectivity index (χ3v) is 8.34.